The lowest BCUT2D eigenvalue weighted by atomic mass is 10.1. The quantitative estimate of drug-likeness (QED) is 0.500. The largest absolute Gasteiger partial charge is 0.433 e. The maximum atomic E-state index is 13.3. The number of benzene rings is 1. The number of nitrogens with zero attached hydrogens (tertiary/aromatic N) is 4. The summed E-state index contributed by atoms with van der Waals surface area (Å²) in [5.41, 5.74) is 0.00965. The first kappa shape index (κ1) is 24.3. The van der Waals surface area contributed by atoms with Crippen LogP contribution in [-0.2, 0) is 27.5 Å². The number of aromatic nitrogens is 3. The molecule has 3 atom stereocenters. The average molecular weight is 521 g/mol. The Labute approximate surface area is 203 Å². The fourth-order valence-corrected chi connectivity index (χ4v) is 6.23. The molecule has 36 heavy (non-hydrogen) atoms. The number of fused-ring (bicyclic) bond motifs is 1. The van der Waals surface area contributed by atoms with Gasteiger partial charge in [-0.25, -0.2) is 22.8 Å². The molecule has 0 spiro atoms. The highest BCUT2D eigenvalue weighted by Gasteiger charge is 2.58. The first-order chi connectivity index (χ1) is 17.0. The second-order valence-corrected chi connectivity index (χ2v) is 10.5. The lowest BCUT2D eigenvalue weighted by molar-refractivity contribution is -0.141. The van der Waals surface area contributed by atoms with Gasteiger partial charge in [0.15, 0.2) is 0 Å². The Hall–Kier alpha value is -3.45. The summed E-state index contributed by atoms with van der Waals surface area (Å²) in [4.78, 5) is 24.4. The first-order valence-corrected chi connectivity index (χ1v) is 12.4. The number of rotatable bonds is 6. The third-order valence-electron chi connectivity index (χ3n) is 6.25. The zero-order chi connectivity index (χ0) is 25.7. The molecule has 2 fully saturated rings. The van der Waals surface area contributed by atoms with Crippen LogP contribution in [-0.4, -0.2) is 45.7 Å². The first-order valence-electron chi connectivity index (χ1n) is 11.0. The molecule has 5 rings (SSSR count). The van der Waals surface area contributed by atoms with Crippen molar-refractivity contribution in [2.75, 3.05) is 0 Å². The third-order valence-corrected chi connectivity index (χ3v) is 8.20. The van der Waals surface area contributed by atoms with Crippen LogP contribution in [0.3, 0.4) is 0 Å². The van der Waals surface area contributed by atoms with Crippen molar-refractivity contribution < 1.29 is 30.8 Å². The van der Waals surface area contributed by atoms with Crippen LogP contribution in [0.4, 0.5) is 17.6 Å². The number of hydrogen-bond acceptors (Lipinski definition) is 6. The fraction of sp³-hybridized carbons (Fsp3) is 0.304. The standard InChI is InChI=1S/C23H19F4N5O3S/c24-15-2-4-17(5-3-15)36(34,35)32-19-7-14(19)8-20(32)22(33)29-11-16-9-18(31-12-30-16)13-1-6-21(28-10-13)23(25,26)27/h1-6,9-10,12,14,19-20H,7-8,11H2,(H,29,33)/t14-,19-,20+/m1/s1. The van der Waals surface area contributed by atoms with E-state index in [9.17, 15) is 30.8 Å². The van der Waals surface area contributed by atoms with Crippen molar-refractivity contribution in [3.8, 4) is 11.3 Å². The number of piperidine rings is 1. The summed E-state index contributed by atoms with van der Waals surface area (Å²) in [5, 5.41) is 2.69. The van der Waals surface area contributed by atoms with E-state index in [1.165, 1.54) is 34.9 Å². The Morgan fingerprint density at radius 1 is 1.06 bits per heavy atom. The van der Waals surface area contributed by atoms with E-state index in [0.717, 1.165) is 24.4 Å². The molecular formula is C23H19F4N5O3S. The van der Waals surface area contributed by atoms with Gasteiger partial charge in [0.25, 0.3) is 0 Å². The molecule has 3 heterocycles. The van der Waals surface area contributed by atoms with E-state index in [2.05, 4.69) is 20.3 Å². The summed E-state index contributed by atoms with van der Waals surface area (Å²) < 4.78 is 79.1. The SMILES string of the molecule is O=C(NCc1cc(-c2ccc(C(F)(F)F)nc2)ncn1)[C@@H]1C[C@H]2C[C@H]2N1S(=O)(=O)c1ccc(F)cc1. The van der Waals surface area contributed by atoms with E-state index in [1.54, 1.807) is 0 Å². The van der Waals surface area contributed by atoms with Gasteiger partial charge in [0, 0.05) is 17.8 Å². The van der Waals surface area contributed by atoms with Gasteiger partial charge in [-0.3, -0.25) is 9.78 Å². The maximum absolute atomic E-state index is 13.3. The molecule has 0 unspecified atom stereocenters. The number of alkyl halides is 3. The smallest absolute Gasteiger partial charge is 0.349 e. The lowest BCUT2D eigenvalue weighted by Crippen LogP contribution is -2.47. The molecular weight excluding hydrogens is 502 g/mol. The van der Waals surface area contributed by atoms with Crippen molar-refractivity contribution in [1.82, 2.24) is 24.6 Å². The summed E-state index contributed by atoms with van der Waals surface area (Å²) in [5.74, 6) is -0.969. The summed E-state index contributed by atoms with van der Waals surface area (Å²) in [6.45, 7) is -0.0430. The minimum atomic E-state index is -4.56. The number of sulfonamides is 1. The Morgan fingerprint density at radius 3 is 2.47 bits per heavy atom. The fourth-order valence-electron chi connectivity index (χ4n) is 4.38. The van der Waals surface area contributed by atoms with Crippen LogP contribution in [0.1, 0.15) is 24.2 Å². The number of hydrogen-bond donors (Lipinski definition) is 1. The van der Waals surface area contributed by atoms with E-state index in [1.807, 2.05) is 0 Å². The molecule has 1 aliphatic carbocycles. The van der Waals surface area contributed by atoms with E-state index in [0.29, 0.717) is 29.8 Å². The zero-order valence-electron chi connectivity index (χ0n) is 18.5. The van der Waals surface area contributed by atoms with Crippen molar-refractivity contribution in [3.05, 3.63) is 72.2 Å². The van der Waals surface area contributed by atoms with E-state index < -0.39 is 39.7 Å². The van der Waals surface area contributed by atoms with Gasteiger partial charge in [-0.1, -0.05) is 0 Å². The molecule has 0 radical (unpaired) electrons. The van der Waals surface area contributed by atoms with Crippen LogP contribution in [0, 0.1) is 11.7 Å². The molecule has 188 valence electrons. The molecule has 1 amide bonds. The highest BCUT2D eigenvalue weighted by molar-refractivity contribution is 7.89. The van der Waals surface area contributed by atoms with E-state index in [4.69, 9.17) is 0 Å². The second-order valence-electron chi connectivity index (χ2n) is 8.65. The summed E-state index contributed by atoms with van der Waals surface area (Å²) >= 11 is 0. The van der Waals surface area contributed by atoms with Crippen molar-refractivity contribution in [2.24, 2.45) is 5.92 Å². The molecule has 1 saturated heterocycles. The predicted molar refractivity (Wildman–Crippen MR) is 118 cm³/mol. The van der Waals surface area contributed by atoms with Gasteiger partial charge in [-0.2, -0.15) is 17.5 Å². The summed E-state index contributed by atoms with van der Waals surface area (Å²) in [6, 6.07) is 6.87. The molecule has 1 N–H and O–H groups in total. The van der Waals surface area contributed by atoms with Crippen molar-refractivity contribution in [2.45, 2.75) is 42.5 Å². The minimum absolute atomic E-state index is 0.0430. The Morgan fingerprint density at radius 2 is 1.81 bits per heavy atom. The van der Waals surface area contributed by atoms with Crippen LogP contribution >= 0.6 is 0 Å². The van der Waals surface area contributed by atoms with Gasteiger partial charge < -0.3 is 5.32 Å². The number of pyridine rings is 1. The summed E-state index contributed by atoms with van der Waals surface area (Å²) in [7, 11) is -4.00. The number of carbonyl (C=O) groups is 1. The van der Waals surface area contributed by atoms with Crippen LogP contribution < -0.4 is 5.32 Å². The highest BCUT2D eigenvalue weighted by Crippen LogP contribution is 2.50. The molecule has 1 aliphatic heterocycles. The topological polar surface area (TPSA) is 105 Å². The van der Waals surface area contributed by atoms with E-state index in [-0.39, 0.29) is 23.4 Å². The van der Waals surface area contributed by atoms with E-state index >= 15 is 0 Å². The monoisotopic (exact) mass is 521 g/mol. The van der Waals surface area contributed by atoms with Gasteiger partial charge in [-0.15, -0.1) is 0 Å². The predicted octanol–water partition coefficient (Wildman–Crippen LogP) is 3.16. The molecule has 1 aromatic carbocycles. The van der Waals surface area contributed by atoms with Gasteiger partial charge in [-0.05, 0) is 61.2 Å². The van der Waals surface area contributed by atoms with Crippen molar-refractivity contribution >= 4 is 15.9 Å². The molecule has 1 saturated carbocycles. The van der Waals surface area contributed by atoms with Crippen LogP contribution in [0.25, 0.3) is 11.3 Å². The lowest BCUT2D eigenvalue weighted by Gasteiger charge is -2.26. The number of carbonyl (C=O) groups excluding carboxylic acids is 1. The zero-order valence-corrected chi connectivity index (χ0v) is 19.3. The molecule has 0 bridgehead atoms. The Bertz CT molecular complexity index is 1400. The number of halogens is 4. The minimum Gasteiger partial charge on any atom is -0.349 e. The van der Waals surface area contributed by atoms with Crippen molar-refractivity contribution in [3.63, 3.8) is 0 Å². The van der Waals surface area contributed by atoms with Crippen LogP contribution in [0.2, 0.25) is 0 Å². The molecule has 3 aromatic rings. The van der Waals surface area contributed by atoms with Crippen LogP contribution in [0.15, 0.2) is 59.9 Å². The second kappa shape index (κ2) is 8.89. The van der Waals surface area contributed by atoms with Crippen LogP contribution in [0.5, 0.6) is 0 Å². The molecule has 2 aliphatic rings. The highest BCUT2D eigenvalue weighted by atomic mass is 32.2. The van der Waals surface area contributed by atoms with Gasteiger partial charge >= 0.3 is 6.18 Å². The van der Waals surface area contributed by atoms with Gasteiger partial charge in [0.05, 0.1) is 22.8 Å². The maximum Gasteiger partial charge on any atom is 0.433 e. The Balaban J connectivity index is 1.28. The third kappa shape index (κ3) is 4.67. The molecule has 8 nitrogen and oxygen atoms in total. The van der Waals surface area contributed by atoms with Crippen molar-refractivity contribution in [1.29, 1.82) is 0 Å². The normalized spacial score (nSPS) is 21.7. The van der Waals surface area contributed by atoms with Gasteiger partial charge in [0.1, 0.15) is 23.9 Å². The summed E-state index contributed by atoms with van der Waals surface area (Å²) in [6.07, 6.45) is -1.25. The number of amides is 1. The molecule has 2 aromatic heterocycles. The Kier molecular flexibility index (Phi) is 5.99. The molecule has 13 heteroatoms. The average Bonchev–Trinajstić information content (AvgIpc) is 3.50. The number of nitrogens with one attached hydrogen (secondary N) is 1. The van der Waals surface area contributed by atoms with Gasteiger partial charge in [0.2, 0.25) is 15.9 Å².